The van der Waals surface area contributed by atoms with E-state index >= 15 is 0 Å². The predicted molar refractivity (Wildman–Crippen MR) is 176 cm³/mol. The van der Waals surface area contributed by atoms with E-state index in [1.807, 2.05) is 6.92 Å². The monoisotopic (exact) mass is 727 g/mol. The third-order valence-electron chi connectivity index (χ3n) is 8.52. The van der Waals surface area contributed by atoms with Crippen molar-refractivity contribution in [3.8, 4) is 11.5 Å². The first-order valence-electron chi connectivity index (χ1n) is 17.1. The van der Waals surface area contributed by atoms with E-state index in [4.69, 9.17) is 21.1 Å². The van der Waals surface area contributed by atoms with Crippen LogP contribution < -0.4 is 33.5 Å². The molecule has 0 aromatic heterocycles. The van der Waals surface area contributed by atoms with Crippen molar-refractivity contribution in [3.63, 3.8) is 0 Å². The molecular weight excluding hydrogens is 672 g/mol. The van der Waals surface area contributed by atoms with Crippen LogP contribution in [-0.2, 0) is 13.0 Å². The van der Waals surface area contributed by atoms with Gasteiger partial charge in [-0.1, -0.05) is 115 Å². The second-order valence-corrected chi connectivity index (χ2v) is 12.3. The molecule has 0 fully saturated rings. The Morgan fingerprint density at radius 3 is 2.02 bits per heavy atom. The molecule has 1 aliphatic heterocycles. The van der Waals surface area contributed by atoms with Crippen molar-refractivity contribution < 1.29 is 42.4 Å². The summed E-state index contributed by atoms with van der Waals surface area (Å²) in [4.78, 5) is 0. The molecule has 3 nitrogen and oxygen atoms in total. The summed E-state index contributed by atoms with van der Waals surface area (Å²) in [5.74, 6) is 1.52. The summed E-state index contributed by atoms with van der Waals surface area (Å²) in [6, 6.07) is 9.27. The molecule has 1 heterocycles. The van der Waals surface area contributed by atoms with E-state index in [1.165, 1.54) is 106 Å². The van der Waals surface area contributed by atoms with Crippen LogP contribution in [0.5, 0.6) is 11.5 Å². The first-order chi connectivity index (χ1) is 20.6. The Kier molecular flexibility index (Phi) is 19.5. The summed E-state index contributed by atoms with van der Waals surface area (Å²) in [5.41, 5.74) is 4.34. The topological polar surface area (TPSA) is 21.5 Å². The van der Waals surface area contributed by atoms with Gasteiger partial charge in [-0.2, -0.15) is 0 Å². The van der Waals surface area contributed by atoms with Crippen LogP contribution in [0.1, 0.15) is 140 Å². The number of nitrogens with zero attached hydrogens (tertiary/aromatic N) is 1. The van der Waals surface area contributed by atoms with Crippen LogP contribution in [-0.4, -0.2) is 30.0 Å². The van der Waals surface area contributed by atoms with Crippen LogP contribution in [0.25, 0.3) is 0 Å². The zero-order valence-corrected chi connectivity index (χ0v) is 30.0. The fraction of sp³-hybridized carbons (Fsp3) is 0.649. The Morgan fingerprint density at radius 2 is 1.40 bits per heavy atom. The van der Waals surface area contributed by atoms with Gasteiger partial charge in [0.2, 0.25) is 0 Å². The Balaban J connectivity index is 0.00000645. The Morgan fingerprint density at radius 1 is 0.767 bits per heavy atom. The van der Waals surface area contributed by atoms with Gasteiger partial charge in [0.05, 0.1) is 23.8 Å². The lowest BCUT2D eigenvalue weighted by Gasteiger charge is -2.23. The molecule has 43 heavy (non-hydrogen) atoms. The molecule has 0 saturated heterocycles. The maximum atomic E-state index is 14.8. The summed E-state index contributed by atoms with van der Waals surface area (Å²) in [7, 11) is 0. The van der Waals surface area contributed by atoms with E-state index in [0.717, 1.165) is 43.7 Å². The summed E-state index contributed by atoms with van der Waals surface area (Å²) in [5, 5.41) is 0.498. The highest BCUT2D eigenvalue weighted by molar-refractivity contribution is 6.31. The average Bonchev–Trinajstić information content (AvgIpc) is 2.99. The molecule has 0 saturated carbocycles. The largest absolute Gasteiger partial charge is 1.00 e. The van der Waals surface area contributed by atoms with Crippen molar-refractivity contribution in [1.82, 2.24) is 0 Å². The van der Waals surface area contributed by atoms with Gasteiger partial charge >= 0.3 is 0 Å². The first-order valence-corrected chi connectivity index (χ1v) is 17.4. The van der Waals surface area contributed by atoms with Gasteiger partial charge in [0.15, 0.2) is 23.8 Å². The minimum atomic E-state index is -0.231. The molecule has 0 unspecified atom stereocenters. The fourth-order valence-electron chi connectivity index (χ4n) is 6.11. The molecule has 3 rings (SSSR count). The zero-order valence-electron chi connectivity index (χ0n) is 27.1. The second kappa shape index (κ2) is 22.2. The highest BCUT2D eigenvalue weighted by Gasteiger charge is 2.30. The number of rotatable bonds is 22. The van der Waals surface area contributed by atoms with Crippen LogP contribution >= 0.6 is 11.6 Å². The summed E-state index contributed by atoms with van der Waals surface area (Å²) < 4.78 is 29.7. The maximum absolute atomic E-state index is 14.8. The minimum absolute atomic E-state index is 0. The second-order valence-electron chi connectivity index (χ2n) is 11.9. The average molecular weight is 728 g/mol. The molecule has 2 aromatic rings. The third kappa shape index (κ3) is 12.5. The third-order valence-corrected chi connectivity index (χ3v) is 8.87. The van der Waals surface area contributed by atoms with Gasteiger partial charge in [-0.25, -0.2) is 8.97 Å². The fourth-order valence-corrected chi connectivity index (χ4v) is 6.33. The lowest BCUT2D eigenvalue weighted by atomic mass is 9.91. The molecule has 0 amide bonds. The molecule has 0 atom stereocenters. The van der Waals surface area contributed by atoms with Gasteiger partial charge in [-0.15, -0.1) is 0 Å². The number of hydrogen-bond donors (Lipinski definition) is 0. The Labute approximate surface area is 284 Å². The summed E-state index contributed by atoms with van der Waals surface area (Å²) in [6.07, 6.45) is 20.9. The predicted octanol–water partition coefficient (Wildman–Crippen LogP) is 8.10. The van der Waals surface area contributed by atoms with Crippen LogP contribution in [0.15, 0.2) is 30.3 Å². The highest BCUT2D eigenvalue weighted by atomic mass is 127. The quantitative estimate of drug-likeness (QED) is 0.0695. The number of ether oxygens (including phenoxy) is 2. The smallest absolute Gasteiger partial charge is 0.184 e. The Hall–Kier alpha value is -1.34. The van der Waals surface area contributed by atoms with Crippen LogP contribution in [0, 0.1) is 5.82 Å². The van der Waals surface area contributed by atoms with E-state index in [9.17, 15) is 4.39 Å². The summed E-state index contributed by atoms with van der Waals surface area (Å²) in [6.45, 7) is 9.17. The molecule has 242 valence electrons. The van der Waals surface area contributed by atoms with E-state index in [-0.39, 0.29) is 29.8 Å². The normalized spacial score (nSPS) is 12.7. The molecule has 0 aliphatic carbocycles. The van der Waals surface area contributed by atoms with Gasteiger partial charge in [0, 0.05) is 24.0 Å². The van der Waals surface area contributed by atoms with Crippen molar-refractivity contribution in [2.75, 3.05) is 19.8 Å². The lowest BCUT2D eigenvalue weighted by molar-refractivity contribution is -0.546. The standard InChI is InChI=1S/C37H56ClFNO2.HI/c1-4-7-9-11-13-14-15-16-18-23-35-30-24-25-36(41-6-3)37(42-28-19-17-12-10-8-5-2)31(30)26-27-40(35)29-32-33(38)21-20-22-34(32)39;/h20-22,24-25H,4-19,23,26-29H2,1-3H3;1H/q+1;/p-1. The van der Waals surface area contributed by atoms with Gasteiger partial charge in [0.25, 0.3) is 0 Å². The minimum Gasteiger partial charge on any atom is -1.00 e. The SMILES string of the molecule is CCCCCCCCCCCC1=[N+](Cc2c(F)cccc2Cl)CCc2c1ccc(OCC)c2OCCCCCCCC.[I-]. The van der Waals surface area contributed by atoms with Crippen LogP contribution in [0.4, 0.5) is 4.39 Å². The Bertz CT molecular complexity index is 1090. The summed E-state index contributed by atoms with van der Waals surface area (Å²) >= 11 is 6.48. The molecule has 0 radical (unpaired) electrons. The van der Waals surface area contributed by atoms with Gasteiger partial charge in [-0.05, 0) is 44.0 Å². The van der Waals surface area contributed by atoms with Crippen molar-refractivity contribution in [2.45, 2.75) is 136 Å². The maximum Gasteiger partial charge on any atom is 0.184 e. The van der Waals surface area contributed by atoms with Crippen LogP contribution in [0.3, 0.4) is 0 Å². The molecule has 0 N–H and O–H groups in total. The number of benzene rings is 2. The van der Waals surface area contributed by atoms with Gasteiger partial charge in [-0.3, -0.25) is 0 Å². The van der Waals surface area contributed by atoms with Gasteiger partial charge in [0.1, 0.15) is 12.4 Å². The number of fused-ring (bicyclic) bond motifs is 1. The van der Waals surface area contributed by atoms with Gasteiger partial charge < -0.3 is 33.5 Å². The van der Waals surface area contributed by atoms with Crippen molar-refractivity contribution in [3.05, 3.63) is 57.9 Å². The first kappa shape index (κ1) is 37.8. The molecule has 2 aromatic carbocycles. The van der Waals surface area contributed by atoms with Crippen molar-refractivity contribution in [1.29, 1.82) is 0 Å². The number of halogens is 3. The van der Waals surface area contributed by atoms with Crippen molar-refractivity contribution >= 4 is 17.3 Å². The van der Waals surface area contributed by atoms with E-state index in [2.05, 4.69) is 30.6 Å². The lowest BCUT2D eigenvalue weighted by Crippen LogP contribution is -3.00. The number of hydrogen-bond acceptors (Lipinski definition) is 2. The molecule has 1 aliphatic rings. The van der Waals surface area contributed by atoms with E-state index < -0.39 is 0 Å². The molecular formula is C37H56ClFINO2. The number of unbranched alkanes of at least 4 members (excludes halogenated alkanes) is 13. The van der Waals surface area contributed by atoms with E-state index in [1.54, 1.807) is 12.1 Å². The highest BCUT2D eigenvalue weighted by Crippen LogP contribution is 2.37. The molecule has 6 heteroatoms. The zero-order chi connectivity index (χ0) is 30.0. The van der Waals surface area contributed by atoms with Crippen molar-refractivity contribution in [2.24, 2.45) is 0 Å². The molecule has 0 bridgehead atoms. The van der Waals surface area contributed by atoms with Crippen LogP contribution in [0.2, 0.25) is 5.02 Å². The van der Waals surface area contributed by atoms with E-state index in [0.29, 0.717) is 30.3 Å². The molecule has 0 spiro atoms.